The van der Waals surface area contributed by atoms with Crippen LogP contribution in [0.15, 0.2) is 65.6 Å². The molecule has 0 fully saturated rings. The Labute approximate surface area is 175 Å². The Kier molecular flexibility index (Phi) is 5.58. The number of anilines is 1. The highest BCUT2D eigenvalue weighted by atomic mass is 32.1. The molecule has 0 aliphatic rings. The molecule has 2 aromatic carbocycles. The van der Waals surface area contributed by atoms with Crippen LogP contribution in [0.2, 0.25) is 0 Å². The summed E-state index contributed by atoms with van der Waals surface area (Å²) in [5.41, 5.74) is 1.42. The standard InChI is InChI=1S/C22H18FN3O3S/c1-2-29-17-7-8-18-19(11-17)30-22(24-18)25-21(28)15-6-9-20(27)26(13-15)12-14-4-3-5-16(23)10-14/h3-11,13H,2,12H2,1H3,(H,24,25,28). The maximum atomic E-state index is 13.4. The summed E-state index contributed by atoms with van der Waals surface area (Å²) in [6.45, 7) is 2.65. The molecule has 1 amide bonds. The second-order valence-corrected chi connectivity index (χ2v) is 7.58. The van der Waals surface area contributed by atoms with E-state index in [4.69, 9.17) is 4.74 Å². The van der Waals surface area contributed by atoms with Crippen molar-refractivity contribution in [3.8, 4) is 5.75 Å². The molecule has 0 saturated carbocycles. The predicted octanol–water partition coefficient (Wildman–Crippen LogP) is 4.30. The number of fused-ring (bicyclic) bond motifs is 1. The fourth-order valence-electron chi connectivity index (χ4n) is 3.01. The van der Waals surface area contributed by atoms with E-state index in [0.717, 1.165) is 16.0 Å². The van der Waals surface area contributed by atoms with Crippen LogP contribution in [0, 0.1) is 5.82 Å². The van der Waals surface area contributed by atoms with Crippen molar-refractivity contribution in [1.82, 2.24) is 9.55 Å². The number of carbonyl (C=O) groups excluding carboxylic acids is 1. The lowest BCUT2D eigenvalue weighted by Crippen LogP contribution is -2.22. The minimum atomic E-state index is -0.382. The zero-order valence-corrected chi connectivity index (χ0v) is 16.9. The second-order valence-electron chi connectivity index (χ2n) is 6.55. The lowest BCUT2D eigenvalue weighted by atomic mass is 10.2. The number of amides is 1. The summed E-state index contributed by atoms with van der Waals surface area (Å²) < 4.78 is 21.2. The Morgan fingerprint density at radius 2 is 2.07 bits per heavy atom. The van der Waals surface area contributed by atoms with Gasteiger partial charge in [-0.15, -0.1) is 0 Å². The van der Waals surface area contributed by atoms with Gasteiger partial charge in [-0.3, -0.25) is 14.9 Å². The summed E-state index contributed by atoms with van der Waals surface area (Å²) in [6, 6.07) is 14.3. The summed E-state index contributed by atoms with van der Waals surface area (Å²) in [5.74, 6) is -0.0131. The SMILES string of the molecule is CCOc1ccc2nc(NC(=O)c3ccc(=O)n(Cc4cccc(F)c4)c3)sc2c1. The first-order valence-corrected chi connectivity index (χ1v) is 10.1. The number of rotatable bonds is 6. The summed E-state index contributed by atoms with van der Waals surface area (Å²) in [7, 11) is 0. The molecule has 2 aromatic heterocycles. The van der Waals surface area contributed by atoms with E-state index in [1.165, 1.54) is 46.4 Å². The first kappa shape index (κ1) is 19.8. The summed E-state index contributed by atoms with van der Waals surface area (Å²) in [4.78, 5) is 29.3. The fourth-order valence-corrected chi connectivity index (χ4v) is 3.89. The molecule has 0 bridgehead atoms. The average Bonchev–Trinajstić information content (AvgIpc) is 3.11. The number of halogens is 1. The van der Waals surface area contributed by atoms with Gasteiger partial charge < -0.3 is 9.30 Å². The Hall–Kier alpha value is -3.52. The fraction of sp³-hybridized carbons (Fsp3) is 0.136. The highest BCUT2D eigenvalue weighted by Gasteiger charge is 2.12. The molecule has 0 saturated heterocycles. The number of aromatic nitrogens is 2. The van der Waals surface area contributed by atoms with Crippen molar-refractivity contribution in [2.45, 2.75) is 13.5 Å². The molecular weight excluding hydrogens is 405 g/mol. The molecule has 8 heteroatoms. The minimum absolute atomic E-state index is 0.166. The topological polar surface area (TPSA) is 73.2 Å². The van der Waals surface area contributed by atoms with Crippen molar-refractivity contribution in [3.05, 3.63) is 88.1 Å². The van der Waals surface area contributed by atoms with Gasteiger partial charge in [-0.05, 0) is 48.9 Å². The van der Waals surface area contributed by atoms with Crippen molar-refractivity contribution in [3.63, 3.8) is 0 Å². The number of carbonyl (C=O) groups is 1. The van der Waals surface area contributed by atoms with Gasteiger partial charge in [0.25, 0.3) is 11.5 Å². The molecule has 4 aromatic rings. The number of benzene rings is 2. The number of hydrogen-bond donors (Lipinski definition) is 1. The molecule has 0 atom stereocenters. The summed E-state index contributed by atoms with van der Waals surface area (Å²) >= 11 is 1.34. The highest BCUT2D eigenvalue weighted by molar-refractivity contribution is 7.22. The maximum absolute atomic E-state index is 13.4. The van der Waals surface area contributed by atoms with Gasteiger partial charge in [0.15, 0.2) is 5.13 Å². The lowest BCUT2D eigenvalue weighted by Gasteiger charge is -2.08. The van der Waals surface area contributed by atoms with Crippen LogP contribution in [0.4, 0.5) is 9.52 Å². The zero-order valence-electron chi connectivity index (χ0n) is 16.1. The number of hydrogen-bond acceptors (Lipinski definition) is 5. The Morgan fingerprint density at radius 1 is 1.20 bits per heavy atom. The van der Waals surface area contributed by atoms with Crippen LogP contribution in [0.3, 0.4) is 0 Å². The molecular formula is C22H18FN3O3S. The van der Waals surface area contributed by atoms with Crippen molar-refractivity contribution < 1.29 is 13.9 Å². The molecule has 0 unspecified atom stereocenters. The van der Waals surface area contributed by atoms with Gasteiger partial charge in [-0.2, -0.15) is 0 Å². The third-order valence-corrected chi connectivity index (χ3v) is 5.31. The van der Waals surface area contributed by atoms with Crippen LogP contribution in [-0.4, -0.2) is 22.1 Å². The van der Waals surface area contributed by atoms with Gasteiger partial charge in [0, 0.05) is 12.3 Å². The number of ether oxygens (including phenoxy) is 1. The van der Waals surface area contributed by atoms with Crippen LogP contribution < -0.4 is 15.6 Å². The maximum Gasteiger partial charge on any atom is 0.258 e. The second kappa shape index (κ2) is 8.46. The van der Waals surface area contributed by atoms with E-state index in [9.17, 15) is 14.0 Å². The molecule has 0 spiro atoms. The Balaban J connectivity index is 1.54. The van der Waals surface area contributed by atoms with Gasteiger partial charge in [0.1, 0.15) is 11.6 Å². The van der Waals surface area contributed by atoms with Crippen molar-refractivity contribution in [1.29, 1.82) is 0 Å². The van der Waals surface area contributed by atoms with Gasteiger partial charge >= 0.3 is 0 Å². The van der Waals surface area contributed by atoms with Crippen molar-refractivity contribution >= 4 is 32.6 Å². The number of nitrogens with one attached hydrogen (secondary N) is 1. The lowest BCUT2D eigenvalue weighted by molar-refractivity contribution is 0.102. The van der Waals surface area contributed by atoms with Crippen molar-refractivity contribution in [2.24, 2.45) is 0 Å². The van der Waals surface area contributed by atoms with E-state index < -0.39 is 0 Å². The van der Waals surface area contributed by atoms with Gasteiger partial charge in [0.2, 0.25) is 0 Å². The Morgan fingerprint density at radius 3 is 2.87 bits per heavy atom. The van der Waals surface area contributed by atoms with Crippen molar-refractivity contribution in [2.75, 3.05) is 11.9 Å². The van der Waals surface area contributed by atoms with E-state index in [1.807, 2.05) is 25.1 Å². The molecule has 152 valence electrons. The average molecular weight is 423 g/mol. The zero-order chi connectivity index (χ0) is 21.1. The molecule has 30 heavy (non-hydrogen) atoms. The van der Waals surface area contributed by atoms with Crippen LogP contribution in [0.5, 0.6) is 5.75 Å². The summed E-state index contributed by atoms with van der Waals surface area (Å²) in [5, 5.41) is 3.22. The third-order valence-electron chi connectivity index (χ3n) is 4.38. The van der Waals surface area contributed by atoms with Gasteiger partial charge in [-0.1, -0.05) is 23.5 Å². The first-order valence-electron chi connectivity index (χ1n) is 9.31. The van der Waals surface area contributed by atoms with E-state index >= 15 is 0 Å². The van der Waals surface area contributed by atoms with Crippen LogP contribution in [-0.2, 0) is 6.54 Å². The van der Waals surface area contributed by atoms with Crippen LogP contribution >= 0.6 is 11.3 Å². The molecule has 0 aliphatic heterocycles. The van der Waals surface area contributed by atoms with E-state index in [-0.39, 0.29) is 23.8 Å². The van der Waals surface area contributed by atoms with E-state index in [0.29, 0.717) is 22.9 Å². The van der Waals surface area contributed by atoms with Crippen LogP contribution in [0.1, 0.15) is 22.8 Å². The predicted molar refractivity (Wildman–Crippen MR) is 115 cm³/mol. The molecule has 1 N–H and O–H groups in total. The highest BCUT2D eigenvalue weighted by Crippen LogP contribution is 2.29. The molecule has 6 nitrogen and oxygen atoms in total. The smallest absolute Gasteiger partial charge is 0.258 e. The molecule has 0 aliphatic carbocycles. The third kappa shape index (κ3) is 4.38. The normalized spacial score (nSPS) is 10.9. The van der Waals surface area contributed by atoms with Gasteiger partial charge in [0.05, 0.1) is 28.9 Å². The number of thiazole rings is 1. The largest absolute Gasteiger partial charge is 0.494 e. The summed E-state index contributed by atoms with van der Waals surface area (Å²) in [6.07, 6.45) is 1.46. The molecule has 4 rings (SSSR count). The minimum Gasteiger partial charge on any atom is -0.494 e. The Bertz CT molecular complexity index is 1280. The van der Waals surface area contributed by atoms with E-state index in [2.05, 4.69) is 10.3 Å². The molecule has 2 heterocycles. The van der Waals surface area contributed by atoms with Crippen LogP contribution in [0.25, 0.3) is 10.2 Å². The quantitative estimate of drug-likeness (QED) is 0.502. The monoisotopic (exact) mass is 423 g/mol. The number of nitrogens with zero attached hydrogens (tertiary/aromatic N) is 2. The van der Waals surface area contributed by atoms with Gasteiger partial charge in [-0.25, -0.2) is 9.37 Å². The number of pyridine rings is 1. The first-order chi connectivity index (χ1) is 14.5. The molecule has 0 radical (unpaired) electrons. The van der Waals surface area contributed by atoms with E-state index in [1.54, 1.807) is 12.1 Å².